The molecule has 2 aromatic carbocycles. The van der Waals surface area contributed by atoms with E-state index in [-0.39, 0.29) is 5.41 Å². The SMILES string of the molecule is O=Cc1ccc(C2(c3ccc(OS(=O)(=O)C(F)(F)F)cc3)CCC2)cc1. The minimum atomic E-state index is -5.68. The summed E-state index contributed by atoms with van der Waals surface area (Å²) < 4.78 is 63.5. The van der Waals surface area contributed by atoms with E-state index in [0.717, 1.165) is 36.7 Å². The summed E-state index contributed by atoms with van der Waals surface area (Å²) in [6, 6.07) is 12.8. The first-order valence-electron chi connectivity index (χ1n) is 7.85. The van der Waals surface area contributed by atoms with Gasteiger partial charge in [-0.3, -0.25) is 4.79 Å². The molecule has 0 amide bonds. The molecule has 0 spiro atoms. The average molecular weight is 384 g/mol. The maximum atomic E-state index is 12.4. The van der Waals surface area contributed by atoms with E-state index < -0.39 is 21.4 Å². The van der Waals surface area contributed by atoms with E-state index in [1.807, 2.05) is 12.1 Å². The van der Waals surface area contributed by atoms with Crippen LogP contribution in [-0.2, 0) is 15.5 Å². The normalized spacial score (nSPS) is 16.6. The molecule has 0 radical (unpaired) electrons. The molecule has 8 heteroatoms. The van der Waals surface area contributed by atoms with E-state index in [0.29, 0.717) is 5.56 Å². The topological polar surface area (TPSA) is 60.4 Å². The lowest BCUT2D eigenvalue weighted by atomic mass is 9.60. The number of carbonyl (C=O) groups is 1. The standard InChI is InChI=1S/C18H15F3O4S/c19-18(20,21)26(23,24)25-16-8-6-15(7-9-16)17(10-1-11-17)14-4-2-13(12-22)3-5-14/h2-9,12H,1,10-11H2. The average Bonchev–Trinajstić information content (AvgIpc) is 2.55. The molecule has 0 N–H and O–H groups in total. The van der Waals surface area contributed by atoms with Crippen LogP contribution in [0.3, 0.4) is 0 Å². The number of hydrogen-bond acceptors (Lipinski definition) is 4. The molecule has 0 aromatic heterocycles. The van der Waals surface area contributed by atoms with Gasteiger partial charge in [0.15, 0.2) is 0 Å². The summed E-state index contributed by atoms with van der Waals surface area (Å²) in [5, 5.41) is 0. The van der Waals surface area contributed by atoms with Gasteiger partial charge in [0.25, 0.3) is 0 Å². The van der Waals surface area contributed by atoms with Crippen LogP contribution in [0.25, 0.3) is 0 Å². The number of alkyl halides is 3. The summed E-state index contributed by atoms with van der Waals surface area (Å²) in [5.74, 6) is -0.392. The van der Waals surface area contributed by atoms with Crippen molar-refractivity contribution in [2.24, 2.45) is 0 Å². The number of carbonyl (C=O) groups excluding carboxylic acids is 1. The third-order valence-corrected chi connectivity index (χ3v) is 5.68. The molecule has 1 aliphatic rings. The van der Waals surface area contributed by atoms with Crippen molar-refractivity contribution in [1.29, 1.82) is 0 Å². The largest absolute Gasteiger partial charge is 0.534 e. The summed E-state index contributed by atoms with van der Waals surface area (Å²) in [6.45, 7) is 0. The number of aldehydes is 1. The van der Waals surface area contributed by atoms with Crippen molar-refractivity contribution in [3.63, 3.8) is 0 Å². The van der Waals surface area contributed by atoms with Crippen LogP contribution in [0.4, 0.5) is 13.2 Å². The van der Waals surface area contributed by atoms with E-state index in [9.17, 15) is 26.4 Å². The Morgan fingerprint density at radius 1 is 0.923 bits per heavy atom. The fourth-order valence-corrected chi connectivity index (χ4v) is 3.62. The lowest BCUT2D eigenvalue weighted by Gasteiger charge is -2.43. The smallest absolute Gasteiger partial charge is 0.376 e. The van der Waals surface area contributed by atoms with E-state index in [1.165, 1.54) is 12.1 Å². The van der Waals surface area contributed by atoms with Gasteiger partial charge >= 0.3 is 15.6 Å². The van der Waals surface area contributed by atoms with Crippen molar-refractivity contribution in [1.82, 2.24) is 0 Å². The van der Waals surface area contributed by atoms with Crippen LogP contribution in [-0.4, -0.2) is 20.2 Å². The Hall–Kier alpha value is -2.35. The van der Waals surface area contributed by atoms with Crippen LogP contribution < -0.4 is 4.18 Å². The van der Waals surface area contributed by atoms with Crippen molar-refractivity contribution in [3.05, 3.63) is 65.2 Å². The Labute approximate surface area is 148 Å². The Morgan fingerprint density at radius 3 is 1.81 bits per heavy atom. The zero-order valence-electron chi connectivity index (χ0n) is 13.5. The van der Waals surface area contributed by atoms with Crippen LogP contribution in [0.2, 0.25) is 0 Å². The van der Waals surface area contributed by atoms with Gasteiger partial charge in [-0.25, -0.2) is 0 Å². The highest BCUT2D eigenvalue weighted by Gasteiger charge is 2.48. The number of rotatable bonds is 5. The van der Waals surface area contributed by atoms with Gasteiger partial charge in [-0.05, 0) is 36.1 Å². The lowest BCUT2D eigenvalue weighted by molar-refractivity contribution is -0.0500. The van der Waals surface area contributed by atoms with E-state index in [2.05, 4.69) is 4.18 Å². The monoisotopic (exact) mass is 384 g/mol. The van der Waals surface area contributed by atoms with E-state index in [1.54, 1.807) is 24.3 Å². The summed E-state index contributed by atoms with van der Waals surface area (Å²) >= 11 is 0. The lowest BCUT2D eigenvalue weighted by Crippen LogP contribution is -2.35. The maximum absolute atomic E-state index is 12.4. The molecule has 4 nitrogen and oxygen atoms in total. The Bertz CT molecular complexity index is 897. The highest BCUT2D eigenvalue weighted by Crippen LogP contribution is 2.49. The molecule has 0 saturated heterocycles. The highest BCUT2D eigenvalue weighted by atomic mass is 32.2. The number of hydrogen-bond donors (Lipinski definition) is 0. The number of halogens is 3. The number of benzene rings is 2. The molecule has 2 aromatic rings. The molecule has 3 rings (SSSR count). The quantitative estimate of drug-likeness (QED) is 0.440. The van der Waals surface area contributed by atoms with E-state index in [4.69, 9.17) is 0 Å². The minimum Gasteiger partial charge on any atom is -0.376 e. The van der Waals surface area contributed by atoms with Crippen molar-refractivity contribution in [3.8, 4) is 5.75 Å². The highest BCUT2D eigenvalue weighted by molar-refractivity contribution is 7.88. The second-order valence-corrected chi connectivity index (χ2v) is 7.72. The van der Waals surface area contributed by atoms with Crippen molar-refractivity contribution in [2.75, 3.05) is 0 Å². The van der Waals surface area contributed by atoms with Gasteiger partial charge in [0, 0.05) is 11.0 Å². The summed E-state index contributed by atoms with van der Waals surface area (Å²) in [7, 11) is -5.68. The van der Waals surface area contributed by atoms with Gasteiger partial charge < -0.3 is 4.18 Å². The van der Waals surface area contributed by atoms with Gasteiger partial charge in [-0.15, -0.1) is 0 Å². The first-order chi connectivity index (χ1) is 12.2. The third kappa shape index (κ3) is 3.21. The van der Waals surface area contributed by atoms with E-state index >= 15 is 0 Å². The molecule has 0 unspecified atom stereocenters. The predicted octanol–water partition coefficient (Wildman–Crippen LogP) is 4.20. The molecular weight excluding hydrogens is 369 g/mol. The van der Waals surface area contributed by atoms with Crippen molar-refractivity contribution >= 4 is 16.4 Å². The van der Waals surface area contributed by atoms with Crippen LogP contribution in [0.15, 0.2) is 48.5 Å². The van der Waals surface area contributed by atoms with Gasteiger partial charge in [-0.1, -0.05) is 42.8 Å². The van der Waals surface area contributed by atoms with Crippen LogP contribution in [0, 0.1) is 0 Å². The second kappa shape index (κ2) is 6.42. The minimum absolute atomic E-state index is 0.289. The molecule has 0 atom stereocenters. The fourth-order valence-electron chi connectivity index (χ4n) is 3.16. The molecule has 26 heavy (non-hydrogen) atoms. The summed E-state index contributed by atoms with van der Waals surface area (Å²) in [5.41, 5.74) is -3.33. The van der Waals surface area contributed by atoms with Crippen LogP contribution in [0.1, 0.15) is 40.7 Å². The summed E-state index contributed by atoms with van der Waals surface area (Å²) in [4.78, 5) is 10.8. The van der Waals surface area contributed by atoms with Gasteiger partial charge in [0.05, 0.1) is 0 Å². The molecule has 0 heterocycles. The Kier molecular flexibility index (Phi) is 4.56. The molecule has 1 fully saturated rings. The first-order valence-corrected chi connectivity index (χ1v) is 9.26. The van der Waals surface area contributed by atoms with Crippen molar-refractivity contribution in [2.45, 2.75) is 30.2 Å². The molecule has 1 aliphatic carbocycles. The summed E-state index contributed by atoms with van der Waals surface area (Å²) in [6.07, 6.45) is 3.46. The molecule has 138 valence electrons. The van der Waals surface area contributed by atoms with Crippen LogP contribution in [0.5, 0.6) is 5.75 Å². The maximum Gasteiger partial charge on any atom is 0.534 e. The van der Waals surface area contributed by atoms with Crippen LogP contribution >= 0.6 is 0 Å². The Balaban J connectivity index is 1.88. The van der Waals surface area contributed by atoms with Gasteiger partial charge in [-0.2, -0.15) is 21.6 Å². The molecule has 0 bridgehead atoms. The second-order valence-electron chi connectivity index (χ2n) is 6.18. The van der Waals surface area contributed by atoms with Gasteiger partial charge in [0.1, 0.15) is 12.0 Å². The molecular formula is C18H15F3O4S. The third-order valence-electron chi connectivity index (χ3n) is 4.70. The predicted molar refractivity (Wildman–Crippen MR) is 88.5 cm³/mol. The molecule has 1 saturated carbocycles. The van der Waals surface area contributed by atoms with Gasteiger partial charge in [0.2, 0.25) is 0 Å². The fraction of sp³-hybridized carbons (Fsp3) is 0.278. The Morgan fingerprint density at radius 2 is 1.42 bits per heavy atom. The first kappa shape index (κ1) is 18.4. The zero-order chi connectivity index (χ0) is 19.0. The molecule has 0 aliphatic heterocycles. The van der Waals surface area contributed by atoms with Crippen molar-refractivity contribution < 1.29 is 30.6 Å². The zero-order valence-corrected chi connectivity index (χ0v) is 14.3.